The van der Waals surface area contributed by atoms with Crippen LogP contribution in [0.1, 0.15) is 68.7 Å². The predicted molar refractivity (Wildman–Crippen MR) is 135 cm³/mol. The second kappa shape index (κ2) is 14.8. The molecule has 0 aromatic heterocycles. The number of ether oxygens (including phenoxy) is 2. The first-order valence-corrected chi connectivity index (χ1v) is 12.7. The van der Waals surface area contributed by atoms with Crippen LogP contribution in [-0.4, -0.2) is 37.5 Å². The first-order chi connectivity index (χ1) is 19.1. The normalized spacial score (nSPS) is 16.4. The Labute approximate surface area is 231 Å². The summed E-state index contributed by atoms with van der Waals surface area (Å²) in [6.45, 7) is 7.15. The SMILES string of the molecule is Cc1ccc(C(=O)OOOC(=O)OCC2CCCCC2COC(=O)OOOC(=O)c2ccc(C)cc2C)c(C)c1. The lowest BCUT2D eigenvalue weighted by atomic mass is 9.80. The van der Waals surface area contributed by atoms with Crippen molar-refractivity contribution >= 4 is 24.2 Å². The molecular weight excluding hydrogens is 528 g/mol. The minimum atomic E-state index is -1.20. The fraction of sp³-hybridized carbons (Fsp3) is 0.429. The second-order valence-electron chi connectivity index (χ2n) is 9.61. The van der Waals surface area contributed by atoms with Gasteiger partial charge in [0.25, 0.3) is 0 Å². The summed E-state index contributed by atoms with van der Waals surface area (Å²) < 4.78 is 10.1. The fourth-order valence-corrected chi connectivity index (χ4v) is 4.45. The Hall–Kier alpha value is -4.16. The van der Waals surface area contributed by atoms with Crippen molar-refractivity contribution < 1.29 is 58.3 Å². The molecule has 2 unspecified atom stereocenters. The van der Waals surface area contributed by atoms with Gasteiger partial charge in [-0.2, -0.15) is 0 Å². The van der Waals surface area contributed by atoms with Gasteiger partial charge in [-0.25, -0.2) is 29.0 Å². The highest BCUT2D eigenvalue weighted by Gasteiger charge is 2.29. The van der Waals surface area contributed by atoms with Crippen molar-refractivity contribution in [1.82, 2.24) is 0 Å². The molecule has 0 aliphatic heterocycles. The van der Waals surface area contributed by atoms with Crippen LogP contribution in [0.4, 0.5) is 9.59 Å². The van der Waals surface area contributed by atoms with E-state index in [0.29, 0.717) is 24.0 Å². The third-order valence-electron chi connectivity index (χ3n) is 6.52. The van der Waals surface area contributed by atoms with Gasteiger partial charge in [0.15, 0.2) is 0 Å². The van der Waals surface area contributed by atoms with Crippen molar-refractivity contribution in [3.05, 3.63) is 69.8 Å². The first-order valence-electron chi connectivity index (χ1n) is 12.7. The van der Waals surface area contributed by atoms with Gasteiger partial charge in [-0.1, -0.05) is 48.2 Å². The van der Waals surface area contributed by atoms with E-state index in [9.17, 15) is 19.2 Å². The van der Waals surface area contributed by atoms with E-state index in [1.807, 2.05) is 13.8 Å². The molecule has 1 saturated carbocycles. The molecule has 2 aromatic carbocycles. The molecule has 0 N–H and O–H groups in total. The van der Waals surface area contributed by atoms with Crippen LogP contribution in [0.25, 0.3) is 0 Å². The maximum atomic E-state index is 12.1. The van der Waals surface area contributed by atoms with Crippen LogP contribution >= 0.6 is 0 Å². The average Bonchev–Trinajstić information content (AvgIpc) is 2.91. The third kappa shape index (κ3) is 9.24. The molecule has 2 aromatic rings. The Morgan fingerprint density at radius 1 is 0.625 bits per heavy atom. The molecule has 12 nitrogen and oxygen atoms in total. The molecule has 0 spiro atoms. The van der Waals surface area contributed by atoms with Crippen LogP contribution in [0.3, 0.4) is 0 Å². The van der Waals surface area contributed by atoms with Gasteiger partial charge in [0.05, 0.1) is 34.4 Å². The average molecular weight is 561 g/mol. The summed E-state index contributed by atoms with van der Waals surface area (Å²) in [6.07, 6.45) is 0.817. The van der Waals surface area contributed by atoms with Crippen molar-refractivity contribution in [3.63, 3.8) is 0 Å². The highest BCUT2D eigenvalue weighted by Crippen LogP contribution is 2.30. The Bertz CT molecular complexity index is 1110. The van der Waals surface area contributed by atoms with E-state index in [1.54, 1.807) is 50.2 Å². The van der Waals surface area contributed by atoms with Gasteiger partial charge in [0.2, 0.25) is 0 Å². The third-order valence-corrected chi connectivity index (χ3v) is 6.52. The van der Waals surface area contributed by atoms with Crippen molar-refractivity contribution in [2.75, 3.05) is 13.2 Å². The molecule has 216 valence electrons. The van der Waals surface area contributed by atoms with E-state index in [2.05, 4.69) is 29.6 Å². The predicted octanol–water partition coefficient (Wildman–Crippen LogP) is 5.74. The quantitative estimate of drug-likeness (QED) is 0.199. The lowest BCUT2D eigenvalue weighted by molar-refractivity contribution is -0.453. The monoisotopic (exact) mass is 560 g/mol. The largest absolute Gasteiger partial charge is 0.543 e. The molecule has 0 saturated heterocycles. The lowest BCUT2D eigenvalue weighted by Gasteiger charge is -2.30. The van der Waals surface area contributed by atoms with Crippen molar-refractivity contribution in [1.29, 1.82) is 0 Å². The van der Waals surface area contributed by atoms with Gasteiger partial charge in [-0.05, 0) is 75.6 Å². The van der Waals surface area contributed by atoms with Crippen molar-refractivity contribution in [2.24, 2.45) is 11.8 Å². The zero-order valence-corrected chi connectivity index (χ0v) is 22.8. The molecule has 0 heterocycles. The van der Waals surface area contributed by atoms with E-state index < -0.39 is 24.2 Å². The molecule has 2 atom stereocenters. The zero-order chi connectivity index (χ0) is 29.1. The maximum Gasteiger partial charge on any atom is 0.543 e. The molecular formula is C28H32O12. The maximum absolute atomic E-state index is 12.1. The molecule has 1 aliphatic rings. The van der Waals surface area contributed by atoms with Crippen LogP contribution in [0, 0.1) is 39.5 Å². The molecule has 0 amide bonds. The fourth-order valence-electron chi connectivity index (χ4n) is 4.45. The first kappa shape index (κ1) is 30.4. The summed E-state index contributed by atoms with van der Waals surface area (Å²) >= 11 is 0. The van der Waals surface area contributed by atoms with Gasteiger partial charge < -0.3 is 9.47 Å². The number of benzene rings is 2. The van der Waals surface area contributed by atoms with Gasteiger partial charge in [0.1, 0.15) is 0 Å². The number of hydrogen-bond donors (Lipinski definition) is 0. The molecule has 1 fully saturated rings. The molecule has 40 heavy (non-hydrogen) atoms. The minimum Gasteiger partial charge on any atom is -0.432 e. The second-order valence-corrected chi connectivity index (χ2v) is 9.61. The molecule has 0 bridgehead atoms. The van der Waals surface area contributed by atoms with Crippen LogP contribution in [0.15, 0.2) is 36.4 Å². The van der Waals surface area contributed by atoms with E-state index >= 15 is 0 Å². The number of carbonyl (C=O) groups excluding carboxylic acids is 4. The number of hydrogen-bond acceptors (Lipinski definition) is 12. The van der Waals surface area contributed by atoms with Crippen LogP contribution in [0.5, 0.6) is 0 Å². The van der Waals surface area contributed by atoms with Gasteiger partial charge in [0, 0.05) is 0 Å². The standard InChI is InChI=1S/C28H32O12/c1-17-9-11-23(19(3)13-17)25(29)35-39-37-27(31)33-15-21-7-5-6-8-22(21)16-34-28(32)38-40-36-26(30)24-12-10-18(2)14-20(24)4/h9-14,21-22H,5-8,15-16H2,1-4H3. The minimum absolute atomic E-state index is 0.0414. The van der Waals surface area contributed by atoms with Crippen LogP contribution in [0.2, 0.25) is 0 Å². The van der Waals surface area contributed by atoms with Crippen molar-refractivity contribution in [3.8, 4) is 0 Å². The van der Waals surface area contributed by atoms with Crippen LogP contribution in [-0.2, 0) is 39.1 Å². The summed E-state index contributed by atoms with van der Waals surface area (Å²) in [5.41, 5.74) is 3.82. The van der Waals surface area contributed by atoms with E-state index in [-0.39, 0.29) is 36.2 Å². The molecule has 3 rings (SSSR count). The Balaban J connectivity index is 1.34. The van der Waals surface area contributed by atoms with Gasteiger partial charge >= 0.3 is 24.2 Å². The van der Waals surface area contributed by atoms with E-state index in [4.69, 9.17) is 9.47 Å². The smallest absolute Gasteiger partial charge is 0.432 e. The number of carbonyl (C=O) groups is 4. The number of rotatable bonds is 10. The van der Waals surface area contributed by atoms with E-state index in [0.717, 1.165) is 24.0 Å². The zero-order valence-electron chi connectivity index (χ0n) is 22.8. The Morgan fingerprint density at radius 3 is 1.40 bits per heavy atom. The highest BCUT2D eigenvalue weighted by atomic mass is 17.5. The molecule has 0 radical (unpaired) electrons. The summed E-state index contributed by atoms with van der Waals surface area (Å²) in [4.78, 5) is 65.6. The Morgan fingerprint density at radius 2 is 1.02 bits per heavy atom. The topological polar surface area (TPSA) is 142 Å². The Kier molecular flexibility index (Phi) is 11.3. The summed E-state index contributed by atoms with van der Waals surface area (Å²) in [7, 11) is 0. The number of aryl methyl sites for hydroxylation is 4. The van der Waals surface area contributed by atoms with Gasteiger partial charge in [-0.3, -0.25) is 9.78 Å². The van der Waals surface area contributed by atoms with Crippen molar-refractivity contribution in [2.45, 2.75) is 53.4 Å². The summed E-state index contributed by atoms with van der Waals surface area (Å²) in [5.74, 6) is -1.94. The highest BCUT2D eigenvalue weighted by molar-refractivity contribution is 5.91. The molecule has 1 aliphatic carbocycles. The molecule has 12 heteroatoms. The van der Waals surface area contributed by atoms with Crippen LogP contribution < -0.4 is 0 Å². The lowest BCUT2D eigenvalue weighted by Crippen LogP contribution is -2.30. The van der Waals surface area contributed by atoms with E-state index in [1.165, 1.54) is 0 Å². The summed E-state index contributed by atoms with van der Waals surface area (Å²) in [5, 5.41) is 8.55. The summed E-state index contributed by atoms with van der Waals surface area (Å²) in [6, 6.07) is 10.2. The van der Waals surface area contributed by atoms with Gasteiger partial charge in [-0.15, -0.1) is 0 Å².